The number of aryl methyl sites for hydroxylation is 1. The van der Waals surface area contributed by atoms with Crippen molar-refractivity contribution >= 4 is 40.4 Å². The third-order valence-corrected chi connectivity index (χ3v) is 11.8. The van der Waals surface area contributed by atoms with Gasteiger partial charge in [0, 0.05) is 57.4 Å². The number of ether oxygens (including phenoxy) is 4. The Morgan fingerprint density at radius 1 is 0.862 bits per heavy atom. The number of benzene rings is 2. The van der Waals surface area contributed by atoms with Crippen molar-refractivity contribution in [3.05, 3.63) is 78.4 Å². The van der Waals surface area contributed by atoms with E-state index in [4.69, 9.17) is 28.3 Å². The van der Waals surface area contributed by atoms with Crippen LogP contribution in [0, 0.1) is 12.3 Å². The van der Waals surface area contributed by atoms with Gasteiger partial charge in [0.2, 0.25) is 23.5 Å². The molecule has 7 rings (SSSR count). The van der Waals surface area contributed by atoms with E-state index in [0.29, 0.717) is 44.6 Å². The van der Waals surface area contributed by atoms with Gasteiger partial charge in [-0.15, -0.1) is 0 Å². The fraction of sp³-hybridized carbons (Fsp3) is 0.532. The number of carbonyl (C=O) groups excluding carboxylic acids is 3. The van der Waals surface area contributed by atoms with Crippen LogP contribution in [0.5, 0.6) is 0 Å². The lowest BCUT2D eigenvalue weighted by Gasteiger charge is -2.35. The number of carbonyl (C=O) groups is 3. The van der Waals surface area contributed by atoms with Gasteiger partial charge >= 0.3 is 0 Å². The average molecular weight is 898 g/mol. The molecule has 3 aromatic heterocycles. The summed E-state index contributed by atoms with van der Waals surface area (Å²) in [5, 5.41) is 16.4. The Bertz CT molecular complexity index is 2340. The van der Waals surface area contributed by atoms with Crippen molar-refractivity contribution in [2.45, 2.75) is 65.3 Å². The molecule has 1 unspecified atom stereocenters. The maximum absolute atomic E-state index is 14.0. The van der Waals surface area contributed by atoms with Crippen molar-refractivity contribution in [1.82, 2.24) is 39.8 Å². The van der Waals surface area contributed by atoms with E-state index in [2.05, 4.69) is 42.5 Å². The average Bonchev–Trinajstić information content (AvgIpc) is 4.02. The SMILES string of the molecule is Cc1ncoc1-c1ccc([C@H](C)NC(=O)[C@@H]2C[C@@H](O)CN2C(=O)C(NC(=O)COCCOCCOCCOCCN2CCN(c3ccn4c(n3)nc3ccccc34)CC2)C(C)(C)C)cc1. The predicted octanol–water partition coefficient (Wildman–Crippen LogP) is 3.40. The van der Waals surface area contributed by atoms with Crippen LogP contribution in [0.2, 0.25) is 0 Å². The lowest BCUT2D eigenvalue weighted by Crippen LogP contribution is -2.58. The highest BCUT2D eigenvalue weighted by Gasteiger charge is 2.44. The number of nitrogens with one attached hydrogen (secondary N) is 2. The normalized spacial score (nSPS) is 18.1. The molecule has 2 aromatic carbocycles. The number of para-hydroxylation sites is 2. The Morgan fingerprint density at radius 2 is 1.54 bits per heavy atom. The lowest BCUT2D eigenvalue weighted by atomic mass is 9.85. The second kappa shape index (κ2) is 22.1. The third kappa shape index (κ3) is 12.4. The molecular weight excluding hydrogens is 835 g/mol. The van der Waals surface area contributed by atoms with E-state index in [1.807, 2.05) is 87.7 Å². The number of amides is 3. The van der Waals surface area contributed by atoms with Crippen LogP contribution in [0.1, 0.15) is 51.4 Å². The molecule has 2 aliphatic heterocycles. The number of likely N-dealkylation sites (tertiary alicyclic amines) is 1. The number of imidazole rings is 1. The molecule has 0 radical (unpaired) electrons. The van der Waals surface area contributed by atoms with Gasteiger partial charge in [-0.25, -0.2) is 9.97 Å². The fourth-order valence-electron chi connectivity index (χ4n) is 8.15. The zero-order chi connectivity index (χ0) is 45.9. The van der Waals surface area contributed by atoms with Gasteiger partial charge in [-0.3, -0.25) is 23.7 Å². The summed E-state index contributed by atoms with van der Waals surface area (Å²) >= 11 is 0. The van der Waals surface area contributed by atoms with Crippen LogP contribution in [0.15, 0.2) is 71.6 Å². The molecule has 350 valence electrons. The van der Waals surface area contributed by atoms with Gasteiger partial charge in [0.15, 0.2) is 12.2 Å². The second-order valence-corrected chi connectivity index (χ2v) is 17.7. The van der Waals surface area contributed by atoms with Gasteiger partial charge in [0.1, 0.15) is 24.5 Å². The van der Waals surface area contributed by atoms with E-state index < -0.39 is 35.4 Å². The molecule has 3 N–H and O–H groups in total. The molecule has 2 aliphatic rings. The largest absolute Gasteiger partial charge is 0.443 e. The monoisotopic (exact) mass is 897 g/mol. The summed E-state index contributed by atoms with van der Waals surface area (Å²) in [6.07, 6.45) is 2.65. The van der Waals surface area contributed by atoms with Crippen LogP contribution in [0.4, 0.5) is 5.82 Å². The van der Waals surface area contributed by atoms with Crippen LogP contribution < -0.4 is 15.5 Å². The Labute approximate surface area is 379 Å². The Hall–Kier alpha value is -5.50. The topological polar surface area (TPSA) is 198 Å². The third-order valence-electron chi connectivity index (χ3n) is 11.8. The molecule has 0 saturated carbocycles. The number of hydrogen-bond donors (Lipinski definition) is 3. The molecule has 65 heavy (non-hydrogen) atoms. The Balaban J connectivity index is 0.725. The van der Waals surface area contributed by atoms with Crippen molar-refractivity contribution in [2.24, 2.45) is 5.41 Å². The molecule has 3 amide bonds. The molecule has 4 atom stereocenters. The van der Waals surface area contributed by atoms with Gasteiger partial charge in [0.25, 0.3) is 0 Å². The van der Waals surface area contributed by atoms with Gasteiger partial charge in [-0.2, -0.15) is 4.98 Å². The zero-order valence-corrected chi connectivity index (χ0v) is 38.1. The Morgan fingerprint density at radius 3 is 2.22 bits per heavy atom. The number of β-amino-alcohol motifs (C(OH)–C–C–N with tert-alkyl or cyclic N) is 1. The first kappa shape index (κ1) is 47.5. The first-order valence-corrected chi connectivity index (χ1v) is 22.5. The van der Waals surface area contributed by atoms with Gasteiger partial charge < -0.3 is 48.9 Å². The number of nitrogens with zero attached hydrogens (tertiary/aromatic N) is 7. The van der Waals surface area contributed by atoms with Crippen LogP contribution in [0.3, 0.4) is 0 Å². The van der Waals surface area contributed by atoms with Crippen LogP contribution in [-0.4, -0.2) is 162 Å². The van der Waals surface area contributed by atoms with E-state index >= 15 is 0 Å². The molecule has 18 nitrogen and oxygen atoms in total. The van der Waals surface area contributed by atoms with E-state index in [1.165, 1.54) is 11.3 Å². The number of oxazole rings is 1. The van der Waals surface area contributed by atoms with E-state index in [9.17, 15) is 19.5 Å². The molecule has 18 heteroatoms. The number of anilines is 1. The first-order valence-electron chi connectivity index (χ1n) is 22.5. The second-order valence-electron chi connectivity index (χ2n) is 17.7. The fourth-order valence-corrected chi connectivity index (χ4v) is 8.15. The number of aliphatic hydroxyl groups excluding tert-OH is 1. The highest BCUT2D eigenvalue weighted by Crippen LogP contribution is 2.28. The molecule has 5 aromatic rings. The highest BCUT2D eigenvalue weighted by atomic mass is 16.6. The van der Waals surface area contributed by atoms with Crippen LogP contribution in [-0.2, 0) is 33.3 Å². The van der Waals surface area contributed by atoms with E-state index in [0.717, 1.165) is 66.4 Å². The minimum absolute atomic E-state index is 0.0225. The molecule has 0 bridgehead atoms. The van der Waals surface area contributed by atoms with Crippen molar-refractivity contribution in [2.75, 3.05) is 97.0 Å². The number of aromatic nitrogens is 4. The summed E-state index contributed by atoms with van der Waals surface area (Å²) in [7, 11) is 0. The summed E-state index contributed by atoms with van der Waals surface area (Å²) in [4.78, 5) is 60.3. The summed E-state index contributed by atoms with van der Waals surface area (Å²) in [6.45, 7) is 16.2. The standard InChI is InChI=1S/C47H63N9O9/c1-32(34-10-12-35(13-11-34)42-33(2)48-31-65-42)49-44(59)39-28-36(57)29-56(39)45(60)43(47(3,4)5)52-41(58)30-64-27-26-63-25-24-62-23-22-61-21-20-53-16-18-54(19-17-53)40-14-15-55-38-9-7-6-8-37(38)50-46(55)51-40/h6-15,31-32,36,39,43,57H,16-30H2,1-5H3,(H,49,59)(H,52,58)/t32-,36+,39-,43?/m0/s1. The summed E-state index contributed by atoms with van der Waals surface area (Å²) in [5.74, 6) is 1.04. The highest BCUT2D eigenvalue weighted by molar-refractivity contribution is 5.93. The minimum Gasteiger partial charge on any atom is -0.443 e. The first-order chi connectivity index (χ1) is 31.4. The van der Waals surface area contributed by atoms with Crippen molar-refractivity contribution in [1.29, 1.82) is 0 Å². The van der Waals surface area contributed by atoms with E-state index in [1.54, 1.807) is 0 Å². The predicted molar refractivity (Wildman–Crippen MR) is 243 cm³/mol. The van der Waals surface area contributed by atoms with Crippen molar-refractivity contribution in [3.63, 3.8) is 0 Å². The van der Waals surface area contributed by atoms with Gasteiger partial charge in [0.05, 0.1) is 75.1 Å². The number of piperazine rings is 1. The maximum Gasteiger partial charge on any atom is 0.246 e. The van der Waals surface area contributed by atoms with E-state index in [-0.39, 0.29) is 44.7 Å². The molecule has 2 saturated heterocycles. The quantitative estimate of drug-likeness (QED) is 0.0907. The lowest BCUT2D eigenvalue weighted by molar-refractivity contribution is -0.144. The molecule has 0 aliphatic carbocycles. The Kier molecular flexibility index (Phi) is 16.2. The summed E-state index contributed by atoms with van der Waals surface area (Å²) in [5.41, 5.74) is 3.81. The molecule has 5 heterocycles. The van der Waals surface area contributed by atoms with Gasteiger partial charge in [-0.1, -0.05) is 57.2 Å². The zero-order valence-electron chi connectivity index (χ0n) is 38.1. The van der Waals surface area contributed by atoms with Crippen molar-refractivity contribution in [3.8, 4) is 11.3 Å². The summed E-state index contributed by atoms with van der Waals surface area (Å²) in [6, 6.07) is 15.5. The van der Waals surface area contributed by atoms with Crippen molar-refractivity contribution < 1.29 is 42.9 Å². The van der Waals surface area contributed by atoms with Gasteiger partial charge in [-0.05, 0) is 43.0 Å². The number of hydrogen-bond acceptors (Lipinski definition) is 14. The summed E-state index contributed by atoms with van der Waals surface area (Å²) < 4.78 is 30.1. The smallest absolute Gasteiger partial charge is 0.246 e. The number of aliphatic hydroxyl groups is 1. The van der Waals surface area contributed by atoms with Crippen LogP contribution in [0.25, 0.3) is 28.1 Å². The molecule has 2 fully saturated rings. The molecule has 0 spiro atoms. The number of rotatable bonds is 21. The number of fused-ring (bicyclic) bond motifs is 3. The maximum atomic E-state index is 14.0. The molecular formula is C47H63N9O9. The minimum atomic E-state index is -0.966. The van der Waals surface area contributed by atoms with Crippen LogP contribution >= 0.6 is 0 Å².